The third-order valence-corrected chi connectivity index (χ3v) is 10.7. The Kier molecular flexibility index (Phi) is 18.2. The van der Waals surface area contributed by atoms with E-state index in [1.54, 1.807) is 73.1 Å². The topological polar surface area (TPSA) is 271 Å². The summed E-state index contributed by atoms with van der Waals surface area (Å²) in [6.45, 7) is 8.91. The molecule has 0 bridgehead atoms. The summed E-state index contributed by atoms with van der Waals surface area (Å²) in [5.41, 5.74) is 15.5. The maximum Gasteiger partial charge on any atom is 0.319 e. The van der Waals surface area contributed by atoms with Gasteiger partial charge in [-0.25, -0.2) is 38.3 Å². The van der Waals surface area contributed by atoms with E-state index in [1.165, 1.54) is 44.2 Å². The average Bonchev–Trinajstić information content (AvgIpc) is 3.89. The molecule has 12 N–H and O–H groups in total. The maximum absolute atomic E-state index is 14.8. The lowest BCUT2D eigenvalue weighted by Crippen LogP contribution is -2.33. The highest BCUT2D eigenvalue weighted by atomic mass is 19.1. The van der Waals surface area contributed by atoms with Crippen LogP contribution < -0.4 is 54.0 Å². The Morgan fingerprint density at radius 2 is 1.09 bits per heavy atom. The van der Waals surface area contributed by atoms with Crippen molar-refractivity contribution in [3.63, 3.8) is 0 Å². The zero-order chi connectivity index (χ0) is 50.0. The fourth-order valence-electron chi connectivity index (χ4n) is 7.10. The number of halogens is 2. The van der Waals surface area contributed by atoms with E-state index in [4.69, 9.17) is 11.5 Å². The molecule has 7 rings (SSSR count). The standard InChI is InChI=1S/C27H33FN8O2.C22H24FN7O2/c1-2-30-25-20(26(37)31-11-14-36-12-3-4-13-36)7-9-22(34-25)19-6-8-23(21(28)15-19)35-27(38)33-17-18-5-10-24(29)32-16-18;1-3-26-20-15(21(31)25-2)6-8-17(29-20)14-5-7-18(16(23)10-14)30-22(32)28-12-13-4-9-19(24)27-11-13/h5-10,15-16H,2-4,11-14,17H2,1H3,(H2,29,32)(H,30,34)(H,31,37)(H2,33,35,38);4-11H,3,12H2,1-2H3,(H2,24,27)(H,25,31)(H,26,29)(H2,28,30,32). The van der Waals surface area contributed by atoms with Crippen molar-refractivity contribution >= 4 is 58.5 Å². The van der Waals surface area contributed by atoms with Crippen molar-refractivity contribution in [2.24, 2.45) is 0 Å². The van der Waals surface area contributed by atoms with E-state index in [0.29, 0.717) is 76.5 Å². The number of carbonyl (C=O) groups excluding carboxylic acids is 4. The molecule has 366 valence electrons. The smallest absolute Gasteiger partial charge is 0.319 e. The molecule has 0 aliphatic carbocycles. The number of urea groups is 2. The van der Waals surface area contributed by atoms with Gasteiger partial charge in [0, 0.05) is 69.8 Å². The normalized spacial score (nSPS) is 11.9. The Morgan fingerprint density at radius 3 is 1.50 bits per heavy atom. The lowest BCUT2D eigenvalue weighted by atomic mass is 10.1. The number of hydrogen-bond donors (Lipinski definition) is 10. The van der Waals surface area contributed by atoms with Crippen LogP contribution >= 0.6 is 0 Å². The number of nitrogen functional groups attached to an aromatic ring is 2. The number of rotatable bonds is 17. The summed E-state index contributed by atoms with van der Waals surface area (Å²) in [6, 6.07) is 21.1. The van der Waals surface area contributed by atoms with Crippen LogP contribution in [0.5, 0.6) is 0 Å². The summed E-state index contributed by atoms with van der Waals surface area (Å²) in [4.78, 5) is 68.4. The molecule has 21 heteroatoms. The number of hydrogen-bond acceptors (Lipinski definition) is 13. The van der Waals surface area contributed by atoms with E-state index in [-0.39, 0.29) is 36.3 Å². The van der Waals surface area contributed by atoms with Crippen molar-refractivity contribution in [2.75, 3.05) is 79.1 Å². The zero-order valence-electron chi connectivity index (χ0n) is 39.1. The first-order valence-electron chi connectivity index (χ1n) is 22.7. The number of likely N-dealkylation sites (tertiary alicyclic amines) is 1. The first-order chi connectivity index (χ1) is 33.8. The second-order valence-electron chi connectivity index (χ2n) is 15.8. The van der Waals surface area contributed by atoms with Gasteiger partial charge >= 0.3 is 12.1 Å². The van der Waals surface area contributed by atoms with Crippen LogP contribution in [-0.4, -0.2) is 95.0 Å². The maximum atomic E-state index is 14.8. The highest BCUT2D eigenvalue weighted by Gasteiger charge is 2.18. The van der Waals surface area contributed by atoms with Crippen LogP contribution in [-0.2, 0) is 13.1 Å². The second-order valence-corrected chi connectivity index (χ2v) is 15.8. The fourth-order valence-corrected chi connectivity index (χ4v) is 7.10. The van der Waals surface area contributed by atoms with E-state index >= 15 is 0 Å². The van der Waals surface area contributed by atoms with Crippen LogP contribution in [0.15, 0.2) is 97.3 Å². The first-order valence-corrected chi connectivity index (χ1v) is 22.7. The Bertz CT molecular complexity index is 2760. The molecule has 19 nitrogen and oxygen atoms in total. The van der Waals surface area contributed by atoms with Crippen molar-refractivity contribution in [2.45, 2.75) is 39.8 Å². The highest BCUT2D eigenvalue weighted by molar-refractivity contribution is 6.00. The molecule has 0 atom stereocenters. The van der Waals surface area contributed by atoms with Crippen LogP contribution in [0.25, 0.3) is 22.5 Å². The van der Waals surface area contributed by atoms with Gasteiger partial charge in [0.2, 0.25) is 0 Å². The van der Waals surface area contributed by atoms with Gasteiger partial charge in [0.05, 0.1) is 33.9 Å². The molecule has 1 aliphatic heterocycles. The molecule has 70 heavy (non-hydrogen) atoms. The number of nitrogens with two attached hydrogens (primary N) is 2. The summed E-state index contributed by atoms with van der Waals surface area (Å²) in [5.74, 6) is -0.0891. The molecule has 4 aromatic heterocycles. The molecule has 1 fully saturated rings. The Hall–Kier alpha value is -8.46. The van der Waals surface area contributed by atoms with Crippen molar-refractivity contribution in [1.82, 2.24) is 46.1 Å². The molecule has 0 radical (unpaired) electrons. The van der Waals surface area contributed by atoms with E-state index in [2.05, 4.69) is 67.4 Å². The molecule has 0 unspecified atom stereocenters. The first kappa shape index (κ1) is 50.9. The molecule has 0 saturated carbocycles. The number of amides is 6. The number of pyridine rings is 4. The van der Waals surface area contributed by atoms with Crippen molar-refractivity contribution in [3.05, 3.63) is 131 Å². The van der Waals surface area contributed by atoms with Gasteiger partial charge in [-0.05, 0) is 112 Å². The van der Waals surface area contributed by atoms with Gasteiger partial charge in [0.1, 0.15) is 34.9 Å². The van der Waals surface area contributed by atoms with Crippen LogP contribution in [0.2, 0.25) is 0 Å². The van der Waals surface area contributed by atoms with Gasteiger partial charge < -0.3 is 58.9 Å². The minimum atomic E-state index is -0.617. The van der Waals surface area contributed by atoms with Crippen molar-refractivity contribution < 1.29 is 28.0 Å². The van der Waals surface area contributed by atoms with Crippen molar-refractivity contribution in [1.29, 1.82) is 0 Å². The lowest BCUT2D eigenvalue weighted by molar-refractivity contribution is 0.0946. The molecule has 1 saturated heterocycles. The lowest BCUT2D eigenvalue weighted by Gasteiger charge is -2.16. The molecule has 5 heterocycles. The summed E-state index contributed by atoms with van der Waals surface area (Å²) < 4.78 is 29.5. The number of anilines is 6. The van der Waals surface area contributed by atoms with Crippen LogP contribution in [0.4, 0.5) is 53.0 Å². The van der Waals surface area contributed by atoms with E-state index < -0.39 is 23.7 Å². The molecule has 6 amide bonds. The monoisotopic (exact) mass is 957 g/mol. The molecule has 2 aromatic carbocycles. The van der Waals surface area contributed by atoms with Gasteiger partial charge in [0.15, 0.2) is 0 Å². The van der Waals surface area contributed by atoms with Gasteiger partial charge in [-0.2, -0.15) is 0 Å². The summed E-state index contributed by atoms with van der Waals surface area (Å²) in [7, 11) is 1.54. The van der Waals surface area contributed by atoms with Gasteiger partial charge in [-0.1, -0.05) is 24.3 Å². The van der Waals surface area contributed by atoms with E-state index in [9.17, 15) is 28.0 Å². The summed E-state index contributed by atoms with van der Waals surface area (Å²) in [5, 5.41) is 22.0. The van der Waals surface area contributed by atoms with Gasteiger partial charge in [-0.3, -0.25) is 9.59 Å². The van der Waals surface area contributed by atoms with Crippen LogP contribution in [0.1, 0.15) is 58.5 Å². The number of nitrogens with zero attached hydrogens (tertiary/aromatic N) is 5. The molecular formula is C49H57F2N15O4. The average molecular weight is 958 g/mol. The second kappa shape index (κ2) is 25.1. The minimum absolute atomic E-state index is 0.0237. The molecule has 6 aromatic rings. The van der Waals surface area contributed by atoms with Crippen LogP contribution in [0, 0.1) is 11.6 Å². The zero-order valence-corrected chi connectivity index (χ0v) is 39.1. The Morgan fingerprint density at radius 1 is 0.614 bits per heavy atom. The van der Waals surface area contributed by atoms with E-state index in [0.717, 1.165) is 30.8 Å². The SMILES string of the molecule is CCNc1nc(-c2ccc(NC(=O)NCc3ccc(N)nc3)c(F)c2)ccc1C(=O)NC.CCNc1nc(-c2ccc(NC(=O)NCc3ccc(N)nc3)c(F)c2)ccc1C(=O)NCCN1CCCC1. The largest absolute Gasteiger partial charge is 0.384 e. The molecule has 1 aliphatic rings. The molecular weight excluding hydrogens is 901 g/mol. The van der Waals surface area contributed by atoms with E-state index in [1.807, 2.05) is 13.8 Å². The van der Waals surface area contributed by atoms with Gasteiger partial charge in [0.25, 0.3) is 11.8 Å². The third-order valence-electron chi connectivity index (χ3n) is 10.7. The minimum Gasteiger partial charge on any atom is -0.384 e. The number of carbonyl (C=O) groups is 4. The van der Waals surface area contributed by atoms with Gasteiger partial charge in [-0.15, -0.1) is 0 Å². The number of benzene rings is 2. The predicted octanol–water partition coefficient (Wildman–Crippen LogP) is 6.42. The quantitative estimate of drug-likeness (QED) is 0.0473. The summed E-state index contributed by atoms with van der Waals surface area (Å²) >= 11 is 0. The Labute approximate surface area is 404 Å². The van der Waals surface area contributed by atoms with Crippen LogP contribution in [0.3, 0.4) is 0 Å². The Balaban J connectivity index is 0.000000233. The summed E-state index contributed by atoms with van der Waals surface area (Å²) in [6.07, 6.45) is 5.52. The molecule has 0 spiro atoms. The number of aromatic nitrogens is 4. The fraction of sp³-hybridized carbons (Fsp3) is 0.265. The third kappa shape index (κ3) is 14.5. The highest BCUT2D eigenvalue weighted by Crippen LogP contribution is 2.28. The predicted molar refractivity (Wildman–Crippen MR) is 268 cm³/mol. The van der Waals surface area contributed by atoms with Crippen molar-refractivity contribution in [3.8, 4) is 22.5 Å². The number of nitrogens with one attached hydrogen (secondary N) is 8.